The number of ether oxygens (including phenoxy) is 2. The minimum atomic E-state index is 0. The van der Waals surface area contributed by atoms with Crippen LogP contribution in [-0.4, -0.2) is 51.0 Å². The molecule has 0 amide bonds. The molecule has 1 heterocycles. The molecule has 0 atom stereocenters. The summed E-state index contributed by atoms with van der Waals surface area (Å²) >= 11 is 0. The maximum absolute atomic E-state index is 9.33. The molecule has 0 aliphatic carbocycles. The lowest BCUT2D eigenvalue weighted by atomic mass is 9.97. The lowest BCUT2D eigenvalue weighted by Gasteiger charge is -2.32. The van der Waals surface area contributed by atoms with Crippen LogP contribution < -0.4 is 25.0 Å². The third-order valence-electron chi connectivity index (χ3n) is 5.66. The first-order chi connectivity index (χ1) is 15.7. The Morgan fingerprint density at radius 1 is 1.09 bits per heavy atom. The highest BCUT2D eigenvalue weighted by Gasteiger charge is 2.18. The minimum absolute atomic E-state index is 0. The lowest BCUT2D eigenvalue weighted by molar-refractivity contribution is 0.203. The summed E-state index contributed by atoms with van der Waals surface area (Å²) in [6.07, 6.45) is 2.10. The molecule has 0 saturated carbocycles. The van der Waals surface area contributed by atoms with Crippen molar-refractivity contribution in [3.63, 3.8) is 0 Å². The molecule has 1 aliphatic heterocycles. The molecular formula is C25H37IN4O3. The number of nitrogens with one attached hydrogen (secondary N) is 2. The third kappa shape index (κ3) is 7.96. The fourth-order valence-electron chi connectivity index (χ4n) is 3.82. The monoisotopic (exact) mass is 568 g/mol. The van der Waals surface area contributed by atoms with Gasteiger partial charge in [-0.1, -0.05) is 12.1 Å². The van der Waals surface area contributed by atoms with Crippen LogP contribution >= 0.6 is 24.0 Å². The van der Waals surface area contributed by atoms with E-state index < -0.39 is 0 Å². The van der Waals surface area contributed by atoms with E-state index in [4.69, 9.17) is 14.5 Å². The summed E-state index contributed by atoms with van der Waals surface area (Å²) in [4.78, 5) is 7.13. The zero-order valence-corrected chi connectivity index (χ0v) is 22.2. The van der Waals surface area contributed by atoms with Gasteiger partial charge in [-0.2, -0.15) is 0 Å². The van der Waals surface area contributed by atoms with Crippen LogP contribution in [0.2, 0.25) is 0 Å². The quantitative estimate of drug-likeness (QED) is 0.235. The molecule has 182 valence electrons. The van der Waals surface area contributed by atoms with Crippen molar-refractivity contribution in [1.29, 1.82) is 0 Å². The van der Waals surface area contributed by atoms with Crippen LogP contribution in [-0.2, 0) is 6.54 Å². The van der Waals surface area contributed by atoms with E-state index in [-0.39, 0.29) is 24.0 Å². The lowest BCUT2D eigenvalue weighted by Crippen LogP contribution is -2.34. The van der Waals surface area contributed by atoms with Gasteiger partial charge in [-0.3, -0.25) is 0 Å². The fourth-order valence-corrected chi connectivity index (χ4v) is 3.82. The molecule has 2 aromatic rings. The predicted molar refractivity (Wildman–Crippen MR) is 146 cm³/mol. The number of hydrogen-bond donors (Lipinski definition) is 3. The van der Waals surface area contributed by atoms with Crippen molar-refractivity contribution in [1.82, 2.24) is 5.32 Å². The Labute approximate surface area is 214 Å². The first kappa shape index (κ1) is 27.0. The van der Waals surface area contributed by atoms with Crippen molar-refractivity contribution < 1.29 is 14.6 Å². The SMILES string of the molecule is CCNC(=NCc1ccc(N2CCC(CO)CC2)cc1)Nc1ccc(OCC)c(OC)c1.I. The number of piperidine rings is 1. The molecule has 0 aromatic heterocycles. The average molecular weight is 569 g/mol. The van der Waals surface area contributed by atoms with Crippen LogP contribution in [0.1, 0.15) is 32.3 Å². The van der Waals surface area contributed by atoms with Crippen LogP contribution in [0.4, 0.5) is 11.4 Å². The van der Waals surface area contributed by atoms with Gasteiger partial charge in [0.05, 0.1) is 20.3 Å². The number of benzene rings is 2. The van der Waals surface area contributed by atoms with Crippen molar-refractivity contribution in [3.05, 3.63) is 48.0 Å². The van der Waals surface area contributed by atoms with Crippen LogP contribution in [0.3, 0.4) is 0 Å². The Kier molecular flexibility index (Phi) is 11.6. The Hall–Kier alpha value is -2.20. The molecular weight excluding hydrogens is 531 g/mol. The van der Waals surface area contributed by atoms with E-state index in [9.17, 15) is 5.11 Å². The highest BCUT2D eigenvalue weighted by atomic mass is 127. The molecule has 1 fully saturated rings. The minimum Gasteiger partial charge on any atom is -0.493 e. The topological polar surface area (TPSA) is 78.4 Å². The maximum Gasteiger partial charge on any atom is 0.196 e. The normalized spacial score (nSPS) is 14.4. The highest BCUT2D eigenvalue weighted by Crippen LogP contribution is 2.30. The van der Waals surface area contributed by atoms with Crippen molar-refractivity contribution in [3.8, 4) is 11.5 Å². The number of aliphatic imine (C=N–C) groups is 1. The molecule has 7 nitrogen and oxygen atoms in total. The van der Waals surface area contributed by atoms with E-state index in [2.05, 4.69) is 39.8 Å². The number of rotatable bonds is 9. The Balaban J connectivity index is 0.00000385. The molecule has 0 unspecified atom stereocenters. The smallest absolute Gasteiger partial charge is 0.196 e. The Morgan fingerprint density at radius 2 is 1.82 bits per heavy atom. The summed E-state index contributed by atoms with van der Waals surface area (Å²) in [7, 11) is 1.64. The van der Waals surface area contributed by atoms with Gasteiger partial charge in [0.15, 0.2) is 17.5 Å². The maximum atomic E-state index is 9.33. The number of aliphatic hydroxyl groups is 1. The van der Waals surface area contributed by atoms with Crippen LogP contribution in [0.15, 0.2) is 47.5 Å². The van der Waals surface area contributed by atoms with Gasteiger partial charge < -0.3 is 30.1 Å². The number of methoxy groups -OCH3 is 1. The second-order valence-electron chi connectivity index (χ2n) is 7.90. The summed E-state index contributed by atoms with van der Waals surface area (Å²) < 4.78 is 11.0. The number of anilines is 2. The van der Waals surface area contributed by atoms with Gasteiger partial charge in [-0.05, 0) is 62.4 Å². The molecule has 3 N–H and O–H groups in total. The molecule has 1 aliphatic rings. The third-order valence-corrected chi connectivity index (χ3v) is 5.66. The predicted octanol–water partition coefficient (Wildman–Crippen LogP) is 4.50. The van der Waals surface area contributed by atoms with E-state index >= 15 is 0 Å². The molecule has 3 rings (SSSR count). The van der Waals surface area contributed by atoms with Crippen molar-refractivity contribution >= 4 is 41.3 Å². The van der Waals surface area contributed by atoms with Gasteiger partial charge in [0.25, 0.3) is 0 Å². The molecule has 0 spiro atoms. The summed E-state index contributed by atoms with van der Waals surface area (Å²) in [5.41, 5.74) is 3.27. The standard InChI is InChI=1S/C25H36N4O3.HI/c1-4-26-25(28-21-8-11-23(32-5-2)24(16-21)31-3)27-17-19-6-9-22(10-7-19)29-14-12-20(18-30)13-15-29;/h6-11,16,20,30H,4-5,12-15,17-18H2,1-3H3,(H2,26,27,28);1H. The fraction of sp³-hybridized carbons (Fsp3) is 0.480. The van der Waals surface area contributed by atoms with Crippen molar-refractivity contribution in [2.75, 3.05) is 50.2 Å². The first-order valence-electron chi connectivity index (χ1n) is 11.5. The number of nitrogens with zero attached hydrogens (tertiary/aromatic N) is 2. The van der Waals surface area contributed by atoms with Crippen molar-refractivity contribution in [2.45, 2.75) is 33.2 Å². The Bertz CT molecular complexity index is 868. The van der Waals surface area contributed by atoms with Gasteiger partial charge in [-0.15, -0.1) is 24.0 Å². The zero-order valence-electron chi connectivity index (χ0n) is 19.8. The van der Waals surface area contributed by atoms with Crippen molar-refractivity contribution in [2.24, 2.45) is 10.9 Å². The van der Waals surface area contributed by atoms with Crippen LogP contribution in [0, 0.1) is 5.92 Å². The molecule has 8 heteroatoms. The number of guanidine groups is 1. The van der Waals surface area contributed by atoms with Gasteiger partial charge in [-0.25, -0.2) is 4.99 Å². The van der Waals surface area contributed by atoms with Crippen LogP contribution in [0.5, 0.6) is 11.5 Å². The highest BCUT2D eigenvalue weighted by molar-refractivity contribution is 14.0. The number of hydrogen-bond acceptors (Lipinski definition) is 5. The summed E-state index contributed by atoms with van der Waals surface area (Å²) in [6, 6.07) is 14.4. The largest absolute Gasteiger partial charge is 0.493 e. The van der Waals surface area contributed by atoms with Gasteiger partial charge in [0.2, 0.25) is 0 Å². The molecule has 33 heavy (non-hydrogen) atoms. The van der Waals surface area contributed by atoms with Crippen LogP contribution in [0.25, 0.3) is 0 Å². The van der Waals surface area contributed by atoms with Gasteiger partial charge >= 0.3 is 0 Å². The van der Waals surface area contributed by atoms with E-state index in [1.165, 1.54) is 5.69 Å². The molecule has 0 radical (unpaired) electrons. The van der Waals surface area contributed by atoms with Gasteiger partial charge in [0.1, 0.15) is 0 Å². The molecule has 2 aromatic carbocycles. The van der Waals surface area contributed by atoms with E-state index in [0.717, 1.165) is 49.5 Å². The van der Waals surface area contributed by atoms with E-state index in [1.54, 1.807) is 7.11 Å². The zero-order chi connectivity index (χ0) is 22.8. The number of aliphatic hydroxyl groups excluding tert-OH is 1. The second-order valence-corrected chi connectivity index (χ2v) is 7.90. The molecule has 1 saturated heterocycles. The summed E-state index contributed by atoms with van der Waals surface area (Å²) in [6.45, 7) is 8.24. The van der Waals surface area contributed by atoms with E-state index in [0.29, 0.717) is 37.4 Å². The first-order valence-corrected chi connectivity index (χ1v) is 11.5. The Morgan fingerprint density at radius 3 is 2.42 bits per heavy atom. The summed E-state index contributed by atoms with van der Waals surface area (Å²) in [5, 5.41) is 16.0. The number of halogens is 1. The molecule has 0 bridgehead atoms. The van der Waals surface area contributed by atoms with Gasteiger partial charge in [0, 0.05) is 43.7 Å². The average Bonchev–Trinajstić information content (AvgIpc) is 2.84. The summed E-state index contributed by atoms with van der Waals surface area (Å²) in [5.74, 6) is 2.58. The second kappa shape index (κ2) is 14.1. The van der Waals surface area contributed by atoms with E-state index in [1.807, 2.05) is 32.0 Å².